The third-order valence-corrected chi connectivity index (χ3v) is 4.69. The number of carboxylic acid groups (broad SMARTS) is 1. The Morgan fingerprint density at radius 1 is 1.30 bits per heavy atom. The highest BCUT2D eigenvalue weighted by atomic mass is 35.5. The van der Waals surface area contributed by atoms with E-state index < -0.39 is 12.1 Å². The number of nitrogens with zero attached hydrogens (tertiary/aromatic N) is 1. The van der Waals surface area contributed by atoms with Crippen LogP contribution < -0.4 is 10.1 Å². The highest BCUT2D eigenvalue weighted by molar-refractivity contribution is 8.18. The van der Waals surface area contributed by atoms with Gasteiger partial charge in [-0.3, -0.25) is 4.79 Å². The van der Waals surface area contributed by atoms with Gasteiger partial charge < -0.3 is 15.2 Å². The molecule has 27 heavy (non-hydrogen) atoms. The third-order valence-electron chi connectivity index (χ3n) is 3.55. The lowest BCUT2D eigenvalue weighted by molar-refractivity contribution is -0.144. The molecule has 8 heteroatoms. The van der Waals surface area contributed by atoms with Crippen LogP contribution in [0.15, 0.2) is 58.4 Å². The number of amidine groups is 1. The van der Waals surface area contributed by atoms with E-state index in [-0.39, 0.29) is 5.91 Å². The molecule has 6 nitrogen and oxygen atoms in total. The quantitative estimate of drug-likeness (QED) is 0.735. The van der Waals surface area contributed by atoms with Crippen molar-refractivity contribution in [3.05, 3.63) is 64.0 Å². The van der Waals surface area contributed by atoms with Gasteiger partial charge >= 0.3 is 5.97 Å². The van der Waals surface area contributed by atoms with Crippen LogP contribution in [0.3, 0.4) is 0 Å². The molecule has 0 spiro atoms. The van der Waals surface area contributed by atoms with Crippen LogP contribution in [0.5, 0.6) is 5.75 Å². The van der Waals surface area contributed by atoms with E-state index in [1.54, 1.807) is 54.6 Å². The smallest absolute Gasteiger partial charge is 0.344 e. The maximum absolute atomic E-state index is 12.2. The van der Waals surface area contributed by atoms with Crippen LogP contribution in [0.2, 0.25) is 5.02 Å². The van der Waals surface area contributed by atoms with Crippen molar-refractivity contribution in [3.63, 3.8) is 0 Å². The number of carboxylic acids is 1. The summed E-state index contributed by atoms with van der Waals surface area (Å²) in [4.78, 5) is 28.1. The fourth-order valence-electron chi connectivity index (χ4n) is 2.23. The number of benzene rings is 2. The Balaban J connectivity index is 1.84. The van der Waals surface area contributed by atoms with Crippen molar-refractivity contribution in [2.24, 2.45) is 4.99 Å². The van der Waals surface area contributed by atoms with Gasteiger partial charge in [0.2, 0.25) is 0 Å². The Hall–Kier alpha value is -2.77. The number of thioether (sulfide) groups is 1. The Morgan fingerprint density at radius 3 is 2.81 bits per heavy atom. The van der Waals surface area contributed by atoms with Gasteiger partial charge in [0.1, 0.15) is 5.75 Å². The van der Waals surface area contributed by atoms with Crippen molar-refractivity contribution >= 4 is 52.2 Å². The molecule has 2 N–H and O–H groups in total. The van der Waals surface area contributed by atoms with Gasteiger partial charge in [-0.15, -0.1) is 0 Å². The number of aliphatic carboxylic acids is 1. The van der Waals surface area contributed by atoms with E-state index in [1.165, 1.54) is 18.7 Å². The SMILES string of the molecule is CC(Oc1ccccc1/C=C1/SC(=Nc2cccc(Cl)c2)NC1=O)C(=O)O. The van der Waals surface area contributed by atoms with Crippen LogP contribution in [-0.4, -0.2) is 28.3 Å². The summed E-state index contributed by atoms with van der Waals surface area (Å²) < 4.78 is 5.46. The number of carbonyl (C=O) groups excluding carboxylic acids is 1. The summed E-state index contributed by atoms with van der Waals surface area (Å²) in [7, 11) is 0. The summed E-state index contributed by atoms with van der Waals surface area (Å²) in [6.45, 7) is 1.44. The molecule has 3 rings (SSSR count). The van der Waals surface area contributed by atoms with Crippen molar-refractivity contribution in [2.75, 3.05) is 0 Å². The molecule has 2 aromatic carbocycles. The van der Waals surface area contributed by atoms with Gasteiger partial charge in [0.15, 0.2) is 11.3 Å². The second-order valence-electron chi connectivity index (χ2n) is 5.60. The zero-order valence-corrected chi connectivity index (χ0v) is 15.8. The molecule has 0 aromatic heterocycles. The van der Waals surface area contributed by atoms with E-state index in [4.69, 9.17) is 21.4 Å². The number of halogens is 1. The lowest BCUT2D eigenvalue weighted by Gasteiger charge is -2.12. The number of rotatable bonds is 5. The summed E-state index contributed by atoms with van der Waals surface area (Å²) in [5, 5.41) is 12.7. The highest BCUT2D eigenvalue weighted by Crippen LogP contribution is 2.31. The summed E-state index contributed by atoms with van der Waals surface area (Å²) in [6.07, 6.45) is 0.638. The molecule has 0 saturated carbocycles. The third kappa shape index (κ3) is 4.90. The first-order valence-electron chi connectivity index (χ1n) is 7.96. The molecule has 1 atom stereocenters. The number of hydrogen-bond acceptors (Lipinski definition) is 5. The van der Waals surface area contributed by atoms with Gasteiger partial charge in [0.25, 0.3) is 5.91 Å². The molecular formula is C19H15ClN2O4S. The average molecular weight is 403 g/mol. The number of para-hydroxylation sites is 1. The maximum Gasteiger partial charge on any atom is 0.344 e. The molecule has 0 bridgehead atoms. The Morgan fingerprint density at radius 2 is 2.07 bits per heavy atom. The molecule has 138 valence electrons. The maximum atomic E-state index is 12.2. The molecular weight excluding hydrogens is 388 g/mol. The van der Waals surface area contributed by atoms with Gasteiger partial charge in [-0.25, -0.2) is 9.79 Å². The van der Waals surface area contributed by atoms with Crippen molar-refractivity contribution in [2.45, 2.75) is 13.0 Å². The molecule has 1 amide bonds. The first kappa shape index (κ1) is 19.0. The Labute approximate surface area is 164 Å². The lowest BCUT2D eigenvalue weighted by Crippen LogP contribution is -2.23. The number of aliphatic imine (C=N–C) groups is 1. The molecule has 1 saturated heterocycles. The van der Waals surface area contributed by atoms with Crippen molar-refractivity contribution < 1.29 is 19.4 Å². The van der Waals surface area contributed by atoms with Gasteiger partial charge in [-0.1, -0.05) is 35.9 Å². The largest absolute Gasteiger partial charge is 0.479 e. The van der Waals surface area contributed by atoms with E-state index in [0.29, 0.717) is 32.1 Å². The molecule has 0 radical (unpaired) electrons. The second kappa shape index (κ2) is 8.28. The predicted octanol–water partition coefficient (Wildman–Crippen LogP) is 4.08. The number of amides is 1. The van der Waals surface area contributed by atoms with Crippen LogP contribution >= 0.6 is 23.4 Å². The molecule has 1 unspecified atom stereocenters. The van der Waals surface area contributed by atoms with Gasteiger partial charge in [-0.2, -0.15) is 0 Å². The van der Waals surface area contributed by atoms with E-state index in [1.807, 2.05) is 0 Å². The minimum atomic E-state index is -1.07. The molecule has 1 heterocycles. The fraction of sp³-hybridized carbons (Fsp3) is 0.105. The average Bonchev–Trinajstić information content (AvgIpc) is 2.95. The van der Waals surface area contributed by atoms with E-state index in [2.05, 4.69) is 10.3 Å². The van der Waals surface area contributed by atoms with Gasteiger partial charge in [-0.05, 0) is 49.0 Å². The zero-order chi connectivity index (χ0) is 19.4. The van der Waals surface area contributed by atoms with Crippen molar-refractivity contribution in [1.82, 2.24) is 5.32 Å². The normalized spacial score (nSPS) is 17.8. The standard InChI is InChI=1S/C19H15ClN2O4S/c1-11(18(24)25)26-15-8-3-2-5-12(15)9-16-17(23)22-19(27-16)21-14-7-4-6-13(20)10-14/h2-11H,1H3,(H,24,25)(H,21,22,23)/b16-9+. The minimum absolute atomic E-state index is 0.290. The van der Waals surface area contributed by atoms with Crippen LogP contribution in [0.25, 0.3) is 6.08 Å². The molecule has 2 aromatic rings. The van der Waals surface area contributed by atoms with Crippen LogP contribution in [0.4, 0.5) is 5.69 Å². The minimum Gasteiger partial charge on any atom is -0.479 e. The highest BCUT2D eigenvalue weighted by Gasteiger charge is 2.24. The first-order chi connectivity index (χ1) is 12.9. The molecule has 1 aliphatic rings. The van der Waals surface area contributed by atoms with E-state index in [9.17, 15) is 9.59 Å². The summed E-state index contributed by atoms with van der Waals surface area (Å²) in [6, 6.07) is 13.9. The van der Waals surface area contributed by atoms with E-state index >= 15 is 0 Å². The van der Waals surface area contributed by atoms with Crippen LogP contribution in [-0.2, 0) is 9.59 Å². The Bertz CT molecular complexity index is 958. The topological polar surface area (TPSA) is 88.0 Å². The lowest BCUT2D eigenvalue weighted by atomic mass is 10.2. The predicted molar refractivity (Wildman–Crippen MR) is 106 cm³/mol. The molecule has 1 aliphatic heterocycles. The first-order valence-corrected chi connectivity index (χ1v) is 9.15. The van der Waals surface area contributed by atoms with Crippen LogP contribution in [0, 0.1) is 0 Å². The summed E-state index contributed by atoms with van der Waals surface area (Å²) in [5.74, 6) is -0.975. The number of carbonyl (C=O) groups is 2. The summed E-state index contributed by atoms with van der Waals surface area (Å²) in [5.41, 5.74) is 1.23. The number of hydrogen-bond donors (Lipinski definition) is 2. The van der Waals surface area contributed by atoms with E-state index in [0.717, 1.165) is 0 Å². The molecule has 1 fully saturated rings. The van der Waals surface area contributed by atoms with Crippen LogP contribution in [0.1, 0.15) is 12.5 Å². The van der Waals surface area contributed by atoms with Crippen molar-refractivity contribution in [1.29, 1.82) is 0 Å². The molecule has 0 aliphatic carbocycles. The van der Waals surface area contributed by atoms with Crippen molar-refractivity contribution in [3.8, 4) is 5.75 Å². The fourth-order valence-corrected chi connectivity index (χ4v) is 3.25. The number of ether oxygens (including phenoxy) is 1. The second-order valence-corrected chi connectivity index (χ2v) is 7.06. The monoisotopic (exact) mass is 402 g/mol. The zero-order valence-electron chi connectivity index (χ0n) is 14.2. The van der Waals surface area contributed by atoms with Gasteiger partial charge in [0, 0.05) is 10.6 Å². The summed E-state index contributed by atoms with van der Waals surface area (Å²) >= 11 is 7.13. The van der Waals surface area contributed by atoms with Gasteiger partial charge in [0.05, 0.1) is 10.6 Å². The Kier molecular flexibility index (Phi) is 5.83. The number of nitrogens with one attached hydrogen (secondary N) is 1.